The third-order valence-electron chi connectivity index (χ3n) is 5.63. The minimum Gasteiger partial charge on any atom is -0.352 e. The maximum absolute atomic E-state index is 12.8. The van der Waals surface area contributed by atoms with Gasteiger partial charge in [-0.05, 0) is 65.7 Å². The van der Waals surface area contributed by atoms with Crippen LogP contribution in [0.25, 0.3) is 12.2 Å². The molecule has 0 atom stereocenters. The van der Waals surface area contributed by atoms with Gasteiger partial charge in [0.05, 0.1) is 21.2 Å². The topological polar surface area (TPSA) is 167 Å². The summed E-state index contributed by atoms with van der Waals surface area (Å²) in [6, 6.07) is 14.2. The van der Waals surface area contributed by atoms with E-state index < -0.39 is 31.8 Å². The molecule has 0 amide bonds. The van der Waals surface area contributed by atoms with Crippen molar-refractivity contribution in [2.45, 2.75) is 9.79 Å². The van der Waals surface area contributed by atoms with Gasteiger partial charge in [-0.25, -0.2) is 0 Å². The molecule has 5 rings (SSSR count). The molecule has 0 aliphatic carbocycles. The van der Waals surface area contributed by atoms with Gasteiger partial charge in [0, 0.05) is 22.5 Å². The molecule has 182 valence electrons. The molecule has 0 saturated carbocycles. The molecule has 12 heteroatoms. The SMILES string of the molecule is O=C1/C(=C/c2cccc(/C=C3/Nc4ccc(S(=O)(=O)O)cc4C3=O)c2)Nc2ccc(S(=O)(=O)O)cc21. The summed E-state index contributed by atoms with van der Waals surface area (Å²) in [6.07, 6.45) is 3.13. The zero-order valence-electron chi connectivity index (χ0n) is 18.1. The number of fused-ring (bicyclic) bond motifs is 2. The lowest BCUT2D eigenvalue weighted by Gasteiger charge is -2.02. The third-order valence-corrected chi connectivity index (χ3v) is 7.33. The maximum Gasteiger partial charge on any atom is 0.294 e. The zero-order valence-corrected chi connectivity index (χ0v) is 19.7. The van der Waals surface area contributed by atoms with Crippen LogP contribution in [0.1, 0.15) is 31.8 Å². The molecule has 3 aromatic carbocycles. The summed E-state index contributed by atoms with van der Waals surface area (Å²) in [5.74, 6) is -0.894. The molecule has 2 aliphatic heterocycles. The smallest absolute Gasteiger partial charge is 0.294 e. The van der Waals surface area contributed by atoms with Gasteiger partial charge in [0.25, 0.3) is 20.2 Å². The van der Waals surface area contributed by atoms with Crippen LogP contribution in [0, 0.1) is 0 Å². The molecule has 0 aromatic heterocycles. The number of hydrogen-bond acceptors (Lipinski definition) is 8. The van der Waals surface area contributed by atoms with Crippen molar-refractivity contribution in [3.63, 3.8) is 0 Å². The van der Waals surface area contributed by atoms with E-state index in [0.717, 1.165) is 12.1 Å². The molecule has 2 heterocycles. The number of ketones is 2. The van der Waals surface area contributed by atoms with Crippen LogP contribution in [0.15, 0.2) is 81.8 Å². The van der Waals surface area contributed by atoms with Crippen molar-refractivity contribution in [3.05, 3.63) is 94.3 Å². The Morgan fingerprint density at radius 2 is 1.03 bits per heavy atom. The van der Waals surface area contributed by atoms with Crippen molar-refractivity contribution in [1.29, 1.82) is 0 Å². The second kappa shape index (κ2) is 8.24. The summed E-state index contributed by atoms with van der Waals surface area (Å²) < 4.78 is 64.0. The Morgan fingerprint density at radius 3 is 1.42 bits per heavy atom. The van der Waals surface area contributed by atoms with E-state index in [0.29, 0.717) is 22.5 Å². The van der Waals surface area contributed by atoms with Crippen LogP contribution in [-0.4, -0.2) is 37.5 Å². The molecule has 0 bridgehead atoms. The molecular formula is C24H16N2O8S2. The molecule has 0 radical (unpaired) electrons. The summed E-state index contributed by atoms with van der Waals surface area (Å²) in [5, 5.41) is 5.85. The molecular weight excluding hydrogens is 508 g/mol. The van der Waals surface area contributed by atoms with Gasteiger partial charge in [-0.1, -0.05) is 18.2 Å². The van der Waals surface area contributed by atoms with Crippen molar-refractivity contribution < 1.29 is 35.5 Å². The molecule has 2 aliphatic rings. The van der Waals surface area contributed by atoms with E-state index in [4.69, 9.17) is 0 Å². The Balaban J connectivity index is 1.42. The number of carbonyl (C=O) groups is 2. The average Bonchev–Trinajstić information content (AvgIpc) is 3.28. The Labute approximate surface area is 205 Å². The van der Waals surface area contributed by atoms with E-state index in [-0.39, 0.29) is 32.3 Å². The summed E-state index contributed by atoms with van der Waals surface area (Å²) in [7, 11) is -8.91. The number of carbonyl (C=O) groups excluding carboxylic acids is 2. The van der Waals surface area contributed by atoms with Crippen molar-refractivity contribution >= 4 is 55.3 Å². The van der Waals surface area contributed by atoms with Gasteiger partial charge in [0.15, 0.2) is 0 Å². The van der Waals surface area contributed by atoms with Crippen LogP contribution in [0.5, 0.6) is 0 Å². The van der Waals surface area contributed by atoms with Gasteiger partial charge in [-0.2, -0.15) is 16.8 Å². The average molecular weight is 525 g/mol. The highest BCUT2D eigenvalue weighted by Crippen LogP contribution is 2.33. The number of hydrogen-bond donors (Lipinski definition) is 4. The lowest BCUT2D eigenvalue weighted by atomic mass is 10.1. The van der Waals surface area contributed by atoms with Crippen molar-refractivity contribution in [2.24, 2.45) is 0 Å². The highest BCUT2D eigenvalue weighted by Gasteiger charge is 2.28. The quantitative estimate of drug-likeness (QED) is 0.293. The fourth-order valence-electron chi connectivity index (χ4n) is 3.93. The predicted molar refractivity (Wildman–Crippen MR) is 131 cm³/mol. The number of allylic oxidation sites excluding steroid dienone is 2. The lowest BCUT2D eigenvalue weighted by Crippen LogP contribution is -2.02. The molecule has 0 unspecified atom stereocenters. The van der Waals surface area contributed by atoms with Crippen LogP contribution < -0.4 is 10.6 Å². The van der Waals surface area contributed by atoms with E-state index in [1.807, 2.05) is 0 Å². The largest absolute Gasteiger partial charge is 0.352 e. The summed E-state index contributed by atoms with van der Waals surface area (Å²) in [4.78, 5) is 24.8. The minimum atomic E-state index is -4.46. The minimum absolute atomic E-state index is 0.109. The summed E-state index contributed by atoms with van der Waals surface area (Å²) >= 11 is 0. The standard InChI is InChI=1S/C24H16N2O8S2/c27-23-17-11-15(35(29,30)31)4-6-19(17)25-21(23)9-13-2-1-3-14(8-13)10-22-24(28)18-12-16(36(32,33)34)5-7-20(18)26-22/h1-12,25-26H,(H,29,30,31)(H,32,33,34)/b21-9-,22-10+. The Morgan fingerprint density at radius 1 is 0.611 bits per heavy atom. The van der Waals surface area contributed by atoms with Gasteiger partial charge in [-0.3, -0.25) is 18.7 Å². The van der Waals surface area contributed by atoms with Gasteiger partial charge in [-0.15, -0.1) is 0 Å². The van der Waals surface area contributed by atoms with Crippen LogP contribution in [0.2, 0.25) is 0 Å². The first kappa shape index (κ1) is 23.6. The monoisotopic (exact) mass is 524 g/mol. The van der Waals surface area contributed by atoms with Crippen molar-refractivity contribution in [2.75, 3.05) is 10.6 Å². The molecule has 36 heavy (non-hydrogen) atoms. The molecule has 3 aromatic rings. The first-order valence-electron chi connectivity index (χ1n) is 10.3. The molecule has 4 N–H and O–H groups in total. The molecule has 0 spiro atoms. The van der Waals surface area contributed by atoms with E-state index in [2.05, 4.69) is 10.6 Å². The van der Waals surface area contributed by atoms with E-state index in [1.165, 1.54) is 24.3 Å². The molecule has 0 fully saturated rings. The number of benzene rings is 3. The Hall–Kier alpha value is -4.10. The van der Waals surface area contributed by atoms with Crippen LogP contribution in [0.4, 0.5) is 11.4 Å². The number of rotatable bonds is 4. The zero-order chi connectivity index (χ0) is 25.8. The van der Waals surface area contributed by atoms with E-state index >= 15 is 0 Å². The lowest BCUT2D eigenvalue weighted by molar-refractivity contribution is 0.103. The van der Waals surface area contributed by atoms with Gasteiger partial charge < -0.3 is 10.6 Å². The van der Waals surface area contributed by atoms with Gasteiger partial charge in [0.2, 0.25) is 11.6 Å². The van der Waals surface area contributed by atoms with Gasteiger partial charge >= 0.3 is 0 Å². The second-order valence-electron chi connectivity index (χ2n) is 8.06. The Kier molecular flexibility index (Phi) is 5.41. The van der Waals surface area contributed by atoms with E-state index in [1.54, 1.807) is 36.4 Å². The highest BCUT2D eigenvalue weighted by molar-refractivity contribution is 7.86. The summed E-state index contributed by atoms with van der Waals surface area (Å²) in [5.41, 5.74) is 2.64. The number of anilines is 2. The van der Waals surface area contributed by atoms with Crippen LogP contribution >= 0.6 is 0 Å². The second-order valence-corrected chi connectivity index (χ2v) is 10.9. The van der Waals surface area contributed by atoms with Gasteiger partial charge in [0.1, 0.15) is 0 Å². The Bertz CT molecular complexity index is 1640. The normalized spacial score (nSPS) is 17.2. The molecule has 0 saturated heterocycles. The van der Waals surface area contributed by atoms with Crippen molar-refractivity contribution in [1.82, 2.24) is 0 Å². The van der Waals surface area contributed by atoms with Crippen LogP contribution in [0.3, 0.4) is 0 Å². The van der Waals surface area contributed by atoms with Crippen LogP contribution in [-0.2, 0) is 20.2 Å². The molecule has 10 nitrogen and oxygen atoms in total. The first-order chi connectivity index (χ1) is 16.9. The number of Topliss-reactive ketones (excluding diaryl/α,β-unsaturated/α-hetero) is 2. The van der Waals surface area contributed by atoms with Crippen molar-refractivity contribution in [3.8, 4) is 0 Å². The first-order valence-corrected chi connectivity index (χ1v) is 13.2. The van der Waals surface area contributed by atoms with E-state index in [9.17, 15) is 35.5 Å². The maximum atomic E-state index is 12.8. The fourth-order valence-corrected chi connectivity index (χ4v) is 4.94. The number of nitrogens with one attached hydrogen (secondary N) is 2. The third kappa shape index (κ3) is 4.33. The summed E-state index contributed by atoms with van der Waals surface area (Å²) in [6.45, 7) is 0. The fraction of sp³-hybridized carbons (Fsp3) is 0. The predicted octanol–water partition coefficient (Wildman–Crippen LogP) is 3.48. The highest BCUT2D eigenvalue weighted by atomic mass is 32.2.